The van der Waals surface area contributed by atoms with Gasteiger partial charge in [0, 0.05) is 18.2 Å². The number of aromatic nitrogens is 2. The molecular formula is C9H14N4OS. The van der Waals surface area contributed by atoms with Gasteiger partial charge in [0.25, 0.3) is 0 Å². The number of hydrogen-bond donors (Lipinski definition) is 1. The third-order valence-corrected chi connectivity index (χ3v) is 3.32. The van der Waals surface area contributed by atoms with Gasteiger partial charge in [-0.2, -0.15) is 4.98 Å². The van der Waals surface area contributed by atoms with E-state index in [1.54, 1.807) is 11.8 Å². The molecule has 0 bridgehead atoms. The summed E-state index contributed by atoms with van der Waals surface area (Å²) in [5.74, 6) is 1.77. The van der Waals surface area contributed by atoms with Gasteiger partial charge in [-0.05, 0) is 6.42 Å². The molecule has 1 unspecified atom stereocenters. The summed E-state index contributed by atoms with van der Waals surface area (Å²) < 4.78 is 4.88. The SMILES string of the molecule is CCC1CSC(=NCCc2ncno2)N1. The molecule has 1 aliphatic heterocycles. The van der Waals surface area contributed by atoms with Crippen LogP contribution in [0.15, 0.2) is 15.8 Å². The number of hydrogen-bond acceptors (Lipinski definition) is 5. The van der Waals surface area contributed by atoms with E-state index in [0.717, 1.165) is 17.3 Å². The summed E-state index contributed by atoms with van der Waals surface area (Å²) in [4.78, 5) is 8.37. The van der Waals surface area contributed by atoms with Crippen molar-refractivity contribution in [3.63, 3.8) is 0 Å². The minimum Gasteiger partial charge on any atom is -0.361 e. The monoisotopic (exact) mass is 226 g/mol. The average Bonchev–Trinajstić information content (AvgIpc) is 2.88. The van der Waals surface area contributed by atoms with E-state index >= 15 is 0 Å². The fourth-order valence-corrected chi connectivity index (χ4v) is 2.42. The summed E-state index contributed by atoms with van der Waals surface area (Å²) in [7, 11) is 0. The van der Waals surface area contributed by atoms with E-state index < -0.39 is 0 Å². The van der Waals surface area contributed by atoms with Crippen LogP contribution in [-0.4, -0.2) is 33.6 Å². The van der Waals surface area contributed by atoms with Crippen molar-refractivity contribution in [3.05, 3.63) is 12.2 Å². The number of aliphatic imine (C=N–C) groups is 1. The van der Waals surface area contributed by atoms with E-state index in [9.17, 15) is 0 Å². The van der Waals surface area contributed by atoms with Crippen LogP contribution in [0.3, 0.4) is 0 Å². The number of rotatable bonds is 4. The van der Waals surface area contributed by atoms with Gasteiger partial charge in [-0.15, -0.1) is 0 Å². The topological polar surface area (TPSA) is 63.3 Å². The van der Waals surface area contributed by atoms with Gasteiger partial charge in [-0.25, -0.2) is 0 Å². The van der Waals surface area contributed by atoms with Crippen LogP contribution in [-0.2, 0) is 6.42 Å². The predicted octanol–water partition coefficient (Wildman–Crippen LogP) is 1.08. The Balaban J connectivity index is 1.75. The molecule has 1 fully saturated rings. The van der Waals surface area contributed by atoms with Crippen molar-refractivity contribution in [1.29, 1.82) is 0 Å². The lowest BCUT2D eigenvalue weighted by molar-refractivity contribution is 0.379. The maximum absolute atomic E-state index is 4.88. The molecule has 1 atom stereocenters. The van der Waals surface area contributed by atoms with Crippen molar-refractivity contribution in [2.24, 2.45) is 4.99 Å². The van der Waals surface area contributed by atoms with Gasteiger partial charge in [0.15, 0.2) is 11.5 Å². The summed E-state index contributed by atoms with van der Waals surface area (Å²) in [5.41, 5.74) is 0. The maximum Gasteiger partial charge on any atom is 0.228 e. The van der Waals surface area contributed by atoms with E-state index in [-0.39, 0.29) is 0 Å². The molecule has 0 amide bonds. The fourth-order valence-electron chi connectivity index (χ4n) is 1.31. The van der Waals surface area contributed by atoms with Gasteiger partial charge in [-0.1, -0.05) is 23.8 Å². The van der Waals surface area contributed by atoms with Gasteiger partial charge < -0.3 is 9.84 Å². The van der Waals surface area contributed by atoms with E-state index in [4.69, 9.17) is 4.52 Å². The van der Waals surface area contributed by atoms with Crippen LogP contribution in [0, 0.1) is 0 Å². The molecule has 2 heterocycles. The molecular weight excluding hydrogens is 212 g/mol. The van der Waals surface area contributed by atoms with Crippen molar-refractivity contribution in [1.82, 2.24) is 15.5 Å². The summed E-state index contributed by atoms with van der Waals surface area (Å²) >= 11 is 1.78. The van der Waals surface area contributed by atoms with Gasteiger partial charge in [-0.3, -0.25) is 4.99 Å². The average molecular weight is 226 g/mol. The largest absolute Gasteiger partial charge is 0.361 e. The smallest absolute Gasteiger partial charge is 0.228 e. The molecule has 1 N–H and O–H groups in total. The van der Waals surface area contributed by atoms with Crippen LogP contribution < -0.4 is 5.32 Å². The highest BCUT2D eigenvalue weighted by Crippen LogP contribution is 2.15. The maximum atomic E-state index is 4.88. The molecule has 2 rings (SSSR count). The molecule has 6 heteroatoms. The highest BCUT2D eigenvalue weighted by atomic mass is 32.2. The molecule has 1 aromatic heterocycles. The van der Waals surface area contributed by atoms with Crippen LogP contribution in [0.1, 0.15) is 19.2 Å². The van der Waals surface area contributed by atoms with Crippen LogP contribution in [0.2, 0.25) is 0 Å². The van der Waals surface area contributed by atoms with Crippen molar-refractivity contribution < 1.29 is 4.52 Å². The second-order valence-corrected chi connectivity index (χ2v) is 4.34. The molecule has 1 saturated heterocycles. The first kappa shape index (κ1) is 10.5. The lowest BCUT2D eigenvalue weighted by Crippen LogP contribution is -2.25. The molecule has 0 aliphatic carbocycles. The van der Waals surface area contributed by atoms with E-state index in [1.807, 2.05) is 0 Å². The zero-order chi connectivity index (χ0) is 10.5. The lowest BCUT2D eigenvalue weighted by Gasteiger charge is -2.04. The molecule has 5 nitrogen and oxygen atoms in total. The first-order valence-electron chi connectivity index (χ1n) is 5.08. The predicted molar refractivity (Wildman–Crippen MR) is 60.0 cm³/mol. The highest BCUT2D eigenvalue weighted by Gasteiger charge is 2.17. The Hall–Kier alpha value is -1.04. The minimum absolute atomic E-state index is 0.581. The molecule has 0 spiro atoms. The Labute approximate surface area is 92.7 Å². The van der Waals surface area contributed by atoms with Crippen molar-refractivity contribution >= 4 is 16.9 Å². The number of amidine groups is 1. The lowest BCUT2D eigenvalue weighted by atomic mass is 10.3. The first-order valence-corrected chi connectivity index (χ1v) is 6.06. The van der Waals surface area contributed by atoms with Crippen molar-refractivity contribution in [3.8, 4) is 0 Å². The van der Waals surface area contributed by atoms with E-state index in [1.165, 1.54) is 6.33 Å². The van der Waals surface area contributed by atoms with E-state index in [2.05, 4.69) is 27.4 Å². The van der Waals surface area contributed by atoms with Gasteiger partial charge in [0.05, 0.1) is 6.54 Å². The molecule has 0 radical (unpaired) electrons. The number of nitrogens with one attached hydrogen (secondary N) is 1. The molecule has 0 aromatic carbocycles. The third kappa shape index (κ3) is 2.95. The summed E-state index contributed by atoms with van der Waals surface area (Å²) in [6, 6.07) is 0.581. The first-order chi connectivity index (χ1) is 7.38. The highest BCUT2D eigenvalue weighted by molar-refractivity contribution is 8.14. The zero-order valence-corrected chi connectivity index (χ0v) is 9.46. The third-order valence-electron chi connectivity index (χ3n) is 2.23. The van der Waals surface area contributed by atoms with Crippen LogP contribution in [0.4, 0.5) is 0 Å². The molecule has 82 valence electrons. The summed E-state index contributed by atoms with van der Waals surface area (Å²) in [5, 5.41) is 7.95. The fraction of sp³-hybridized carbons (Fsp3) is 0.667. The second kappa shape index (κ2) is 5.16. The quantitative estimate of drug-likeness (QED) is 0.832. The van der Waals surface area contributed by atoms with Gasteiger partial charge in [0.2, 0.25) is 5.89 Å². The molecule has 0 saturated carbocycles. The summed E-state index contributed by atoms with van der Waals surface area (Å²) in [6.45, 7) is 2.88. The molecule has 1 aromatic rings. The van der Waals surface area contributed by atoms with Crippen LogP contribution in [0.5, 0.6) is 0 Å². The van der Waals surface area contributed by atoms with Gasteiger partial charge >= 0.3 is 0 Å². The van der Waals surface area contributed by atoms with Crippen molar-refractivity contribution in [2.45, 2.75) is 25.8 Å². The Morgan fingerprint density at radius 2 is 2.67 bits per heavy atom. The Kier molecular flexibility index (Phi) is 3.60. The van der Waals surface area contributed by atoms with Gasteiger partial charge in [0.1, 0.15) is 0 Å². The van der Waals surface area contributed by atoms with Crippen LogP contribution in [0.25, 0.3) is 0 Å². The number of nitrogens with zero attached hydrogens (tertiary/aromatic N) is 3. The zero-order valence-electron chi connectivity index (χ0n) is 8.64. The van der Waals surface area contributed by atoms with Crippen LogP contribution >= 0.6 is 11.8 Å². The molecule has 15 heavy (non-hydrogen) atoms. The Morgan fingerprint density at radius 3 is 3.33 bits per heavy atom. The standard InChI is InChI=1S/C9H14N4OS/c1-2-7-5-15-9(13-7)10-4-3-8-11-6-12-14-8/h6-7H,2-5H2,1H3,(H,10,13). The second-order valence-electron chi connectivity index (χ2n) is 3.33. The minimum atomic E-state index is 0.581. The normalized spacial score (nSPS) is 23.3. The Morgan fingerprint density at radius 1 is 1.73 bits per heavy atom. The Bertz CT molecular complexity index is 325. The molecule has 1 aliphatic rings. The van der Waals surface area contributed by atoms with Crippen molar-refractivity contribution in [2.75, 3.05) is 12.3 Å². The van der Waals surface area contributed by atoms with E-state index in [0.29, 0.717) is 24.9 Å². The number of thioether (sulfide) groups is 1. The summed E-state index contributed by atoms with van der Waals surface area (Å²) in [6.07, 6.45) is 3.27.